The highest BCUT2D eigenvalue weighted by atomic mass is 16.5. The molecule has 1 rings (SSSR count). The van der Waals surface area contributed by atoms with Crippen molar-refractivity contribution < 1.29 is 9.53 Å². The minimum absolute atomic E-state index is 0.0196. The predicted molar refractivity (Wildman–Crippen MR) is 70.6 cm³/mol. The first-order valence-electron chi connectivity index (χ1n) is 6.37. The molecule has 0 aliphatic heterocycles. The van der Waals surface area contributed by atoms with Crippen LogP contribution in [0.25, 0.3) is 0 Å². The second kappa shape index (κ2) is 6.54. The number of aromatic amines is 1. The fourth-order valence-electron chi connectivity index (χ4n) is 1.77. The van der Waals surface area contributed by atoms with Crippen molar-refractivity contribution in [3.63, 3.8) is 0 Å². The van der Waals surface area contributed by atoms with Gasteiger partial charge < -0.3 is 10.1 Å². The van der Waals surface area contributed by atoms with E-state index in [1.165, 1.54) is 0 Å². The predicted octanol–water partition coefficient (Wildman–Crippen LogP) is 1.82. The van der Waals surface area contributed by atoms with Crippen molar-refractivity contribution in [1.29, 1.82) is 0 Å². The lowest BCUT2D eigenvalue weighted by Gasteiger charge is -2.22. The van der Waals surface area contributed by atoms with Crippen LogP contribution in [0, 0.1) is 19.8 Å². The van der Waals surface area contributed by atoms with E-state index in [2.05, 4.69) is 29.4 Å². The van der Waals surface area contributed by atoms with E-state index in [-0.39, 0.29) is 11.9 Å². The van der Waals surface area contributed by atoms with Crippen LogP contribution in [0.5, 0.6) is 0 Å². The van der Waals surface area contributed by atoms with Crippen LogP contribution in [0.3, 0.4) is 0 Å². The van der Waals surface area contributed by atoms with Crippen LogP contribution in [0.15, 0.2) is 0 Å². The largest absolute Gasteiger partial charge is 0.380 e. The van der Waals surface area contributed by atoms with E-state index in [1.807, 2.05) is 20.8 Å². The van der Waals surface area contributed by atoms with Crippen molar-refractivity contribution in [3.8, 4) is 0 Å². The highest BCUT2D eigenvalue weighted by Crippen LogP contribution is 2.11. The Kier molecular flexibility index (Phi) is 5.34. The Hall–Kier alpha value is -1.36. The molecule has 0 aliphatic carbocycles. The lowest BCUT2D eigenvalue weighted by atomic mass is 10.0. The molecule has 0 fully saturated rings. The third-order valence-electron chi connectivity index (χ3n) is 2.98. The van der Waals surface area contributed by atoms with Gasteiger partial charge in [0.05, 0.1) is 23.9 Å². The molecule has 0 aromatic carbocycles. The Morgan fingerprint density at radius 2 is 2.11 bits per heavy atom. The Bertz CT molecular complexity index is 379. The summed E-state index contributed by atoms with van der Waals surface area (Å²) >= 11 is 0. The molecule has 1 aromatic rings. The highest BCUT2D eigenvalue weighted by Gasteiger charge is 2.21. The van der Waals surface area contributed by atoms with Gasteiger partial charge in [-0.3, -0.25) is 9.89 Å². The Morgan fingerprint density at radius 3 is 2.56 bits per heavy atom. The third-order valence-corrected chi connectivity index (χ3v) is 2.98. The molecule has 5 nitrogen and oxygen atoms in total. The van der Waals surface area contributed by atoms with Crippen molar-refractivity contribution in [2.45, 2.75) is 40.7 Å². The zero-order chi connectivity index (χ0) is 13.7. The summed E-state index contributed by atoms with van der Waals surface area (Å²) in [4.78, 5) is 12.2. The van der Waals surface area contributed by atoms with Crippen molar-refractivity contribution in [2.24, 2.45) is 5.92 Å². The summed E-state index contributed by atoms with van der Waals surface area (Å²) in [5.41, 5.74) is 2.16. The smallest absolute Gasteiger partial charge is 0.255 e. The summed E-state index contributed by atoms with van der Waals surface area (Å²) in [6, 6.07) is 0.0196. The SMILES string of the molecule is CCOCC(NC(=O)c1c(C)n[nH]c1C)C(C)C. The monoisotopic (exact) mass is 253 g/mol. The number of rotatable bonds is 6. The number of amides is 1. The third kappa shape index (κ3) is 3.57. The number of nitrogens with zero attached hydrogens (tertiary/aromatic N) is 1. The first-order chi connectivity index (χ1) is 8.47. The highest BCUT2D eigenvalue weighted by molar-refractivity contribution is 5.96. The zero-order valence-electron chi connectivity index (χ0n) is 11.8. The second-order valence-electron chi connectivity index (χ2n) is 4.79. The van der Waals surface area contributed by atoms with Crippen LogP contribution < -0.4 is 5.32 Å². The van der Waals surface area contributed by atoms with Gasteiger partial charge in [0.2, 0.25) is 0 Å². The summed E-state index contributed by atoms with van der Waals surface area (Å²) in [7, 11) is 0. The molecule has 1 amide bonds. The van der Waals surface area contributed by atoms with Crippen molar-refractivity contribution >= 4 is 5.91 Å². The number of aromatic nitrogens is 2. The molecular formula is C13H23N3O2. The van der Waals surface area contributed by atoms with E-state index in [1.54, 1.807) is 0 Å². The maximum atomic E-state index is 12.2. The normalized spacial score (nSPS) is 12.8. The second-order valence-corrected chi connectivity index (χ2v) is 4.79. The van der Waals surface area contributed by atoms with Crippen molar-refractivity contribution in [2.75, 3.05) is 13.2 Å². The molecule has 2 N–H and O–H groups in total. The first kappa shape index (κ1) is 14.7. The van der Waals surface area contributed by atoms with E-state index in [4.69, 9.17) is 4.74 Å². The number of aryl methyl sites for hydroxylation is 2. The van der Waals surface area contributed by atoms with Crippen LogP contribution in [0.2, 0.25) is 0 Å². The molecule has 1 heterocycles. The van der Waals surface area contributed by atoms with Gasteiger partial charge in [-0.2, -0.15) is 5.10 Å². The molecule has 0 bridgehead atoms. The van der Waals surface area contributed by atoms with Gasteiger partial charge in [-0.1, -0.05) is 13.8 Å². The van der Waals surface area contributed by atoms with Gasteiger partial charge >= 0.3 is 0 Å². The van der Waals surface area contributed by atoms with Gasteiger partial charge in [0.15, 0.2) is 0 Å². The van der Waals surface area contributed by atoms with E-state index < -0.39 is 0 Å². The molecule has 102 valence electrons. The molecule has 0 radical (unpaired) electrons. The molecule has 1 aromatic heterocycles. The molecule has 0 aliphatic rings. The van der Waals surface area contributed by atoms with Gasteiger partial charge in [-0.15, -0.1) is 0 Å². The van der Waals surface area contributed by atoms with Crippen LogP contribution >= 0.6 is 0 Å². The van der Waals surface area contributed by atoms with E-state index >= 15 is 0 Å². The van der Waals surface area contributed by atoms with Gasteiger partial charge in [-0.25, -0.2) is 0 Å². The Balaban J connectivity index is 2.72. The number of hydrogen-bond acceptors (Lipinski definition) is 3. The van der Waals surface area contributed by atoms with Crippen LogP contribution in [0.1, 0.15) is 42.5 Å². The Labute approximate surface area is 108 Å². The average molecular weight is 253 g/mol. The molecule has 1 unspecified atom stereocenters. The molecule has 0 saturated carbocycles. The number of carbonyl (C=O) groups is 1. The molecule has 18 heavy (non-hydrogen) atoms. The minimum atomic E-state index is -0.0860. The number of ether oxygens (including phenoxy) is 1. The number of hydrogen-bond donors (Lipinski definition) is 2. The summed E-state index contributed by atoms with van der Waals surface area (Å²) < 4.78 is 5.40. The molecule has 0 spiro atoms. The summed E-state index contributed by atoms with van der Waals surface area (Å²) in [5.74, 6) is 0.241. The molecular weight excluding hydrogens is 230 g/mol. The lowest BCUT2D eigenvalue weighted by Crippen LogP contribution is -2.42. The summed E-state index contributed by atoms with van der Waals surface area (Å²) in [5, 5.41) is 9.87. The number of carbonyl (C=O) groups excluding carboxylic acids is 1. The minimum Gasteiger partial charge on any atom is -0.380 e. The standard InChI is InChI=1S/C13H23N3O2/c1-6-18-7-11(8(2)3)14-13(17)12-9(4)15-16-10(12)5/h8,11H,6-7H2,1-5H3,(H,14,17)(H,15,16). The van der Waals surface area contributed by atoms with Gasteiger partial charge in [0.25, 0.3) is 5.91 Å². The van der Waals surface area contributed by atoms with E-state index in [0.29, 0.717) is 24.7 Å². The van der Waals surface area contributed by atoms with Crippen molar-refractivity contribution in [1.82, 2.24) is 15.5 Å². The molecule has 5 heteroatoms. The quantitative estimate of drug-likeness (QED) is 0.812. The van der Waals surface area contributed by atoms with Crippen molar-refractivity contribution in [3.05, 3.63) is 17.0 Å². The van der Waals surface area contributed by atoms with Crippen LogP contribution in [-0.2, 0) is 4.74 Å². The topological polar surface area (TPSA) is 67.0 Å². The summed E-state index contributed by atoms with van der Waals surface area (Å²) in [6.07, 6.45) is 0. The fraction of sp³-hybridized carbons (Fsp3) is 0.692. The first-order valence-corrected chi connectivity index (χ1v) is 6.37. The van der Waals surface area contributed by atoms with Gasteiger partial charge in [0, 0.05) is 12.3 Å². The van der Waals surface area contributed by atoms with Crippen LogP contribution in [-0.4, -0.2) is 35.4 Å². The van der Waals surface area contributed by atoms with E-state index in [0.717, 1.165) is 11.4 Å². The van der Waals surface area contributed by atoms with E-state index in [9.17, 15) is 4.79 Å². The summed E-state index contributed by atoms with van der Waals surface area (Å²) in [6.45, 7) is 11.0. The molecule has 0 saturated heterocycles. The maximum absolute atomic E-state index is 12.2. The average Bonchev–Trinajstić information content (AvgIpc) is 2.63. The molecule has 1 atom stereocenters. The fourth-order valence-corrected chi connectivity index (χ4v) is 1.77. The number of H-pyrrole nitrogens is 1. The van der Waals surface area contributed by atoms with Gasteiger partial charge in [-0.05, 0) is 26.7 Å². The van der Waals surface area contributed by atoms with Gasteiger partial charge in [0.1, 0.15) is 0 Å². The lowest BCUT2D eigenvalue weighted by molar-refractivity contribution is 0.0805. The Morgan fingerprint density at radius 1 is 1.44 bits per heavy atom. The maximum Gasteiger partial charge on any atom is 0.255 e. The zero-order valence-corrected chi connectivity index (χ0v) is 11.8. The number of nitrogens with one attached hydrogen (secondary N) is 2. The van der Waals surface area contributed by atoms with Crippen LogP contribution in [0.4, 0.5) is 0 Å².